The maximum absolute atomic E-state index is 13.2. The number of esters is 2. The Bertz CT molecular complexity index is 1910. The van der Waals surface area contributed by atoms with E-state index in [1.807, 2.05) is 13.0 Å². The molecule has 0 radical (unpaired) electrons. The minimum Gasteiger partial charge on any atom is -0.469 e. The number of fused-ring (bicyclic) bond motifs is 2. The molecule has 0 aromatic carbocycles. The van der Waals surface area contributed by atoms with Crippen LogP contribution in [0.5, 0.6) is 0 Å². The molecule has 0 unspecified atom stereocenters. The van der Waals surface area contributed by atoms with E-state index in [1.165, 1.54) is 13.0 Å². The molecule has 3 aliphatic rings. The minimum atomic E-state index is -2.33. The van der Waals surface area contributed by atoms with Crippen molar-refractivity contribution < 1.29 is 89.1 Å². The third-order valence-electron chi connectivity index (χ3n) is 13.5. The molecule has 74 heavy (non-hydrogen) atoms. The lowest BCUT2D eigenvalue weighted by atomic mass is 9.82. The first-order valence-electron chi connectivity index (χ1n) is 25.6. The zero-order chi connectivity index (χ0) is 55.1. The second-order valence-electron chi connectivity index (χ2n) is 19.7. The number of cyclic esters (lactones) is 1. The fourth-order valence-corrected chi connectivity index (χ4v) is 8.97. The molecule has 21 heteroatoms. The highest BCUT2D eigenvalue weighted by Crippen LogP contribution is 2.38. The van der Waals surface area contributed by atoms with Crippen LogP contribution < -0.4 is 16.8 Å². The van der Waals surface area contributed by atoms with E-state index in [0.717, 1.165) is 7.11 Å². The largest absolute Gasteiger partial charge is 0.469 e. The quantitative estimate of drug-likeness (QED) is 0.143. The van der Waals surface area contributed by atoms with Crippen molar-refractivity contribution in [3.63, 3.8) is 0 Å². The summed E-state index contributed by atoms with van der Waals surface area (Å²) in [5.41, 5.74) is 11.6. The van der Waals surface area contributed by atoms with Gasteiger partial charge in [-0.25, -0.2) is 0 Å². The van der Waals surface area contributed by atoms with Crippen molar-refractivity contribution in [3.8, 4) is 0 Å². The van der Waals surface area contributed by atoms with Crippen molar-refractivity contribution in [2.24, 2.45) is 29.2 Å². The van der Waals surface area contributed by atoms with Gasteiger partial charge in [-0.2, -0.15) is 0 Å². The van der Waals surface area contributed by atoms with E-state index in [2.05, 4.69) is 5.32 Å². The van der Waals surface area contributed by atoms with Gasteiger partial charge in [-0.15, -0.1) is 0 Å². The predicted molar refractivity (Wildman–Crippen MR) is 272 cm³/mol. The van der Waals surface area contributed by atoms with Crippen LogP contribution in [-0.2, 0) is 38.1 Å². The van der Waals surface area contributed by atoms with Crippen LogP contribution in [-0.4, -0.2) is 186 Å². The highest BCUT2D eigenvalue weighted by molar-refractivity contribution is 5.81. The van der Waals surface area contributed by atoms with Crippen molar-refractivity contribution in [2.45, 2.75) is 195 Å². The maximum atomic E-state index is 13.2. The summed E-state index contributed by atoms with van der Waals surface area (Å²) in [6, 6.07) is -2.30. The number of allylic oxidation sites excluding steroid dienone is 12. The number of amides is 1. The summed E-state index contributed by atoms with van der Waals surface area (Å²) in [5.74, 6) is -6.79. The average Bonchev–Trinajstić information content (AvgIpc) is 3.33. The predicted octanol–water partition coefficient (Wildman–Crippen LogP) is 0.0238. The molecule has 3 aliphatic heterocycles. The Morgan fingerprint density at radius 3 is 1.92 bits per heavy atom. The molecule has 2 bridgehead atoms. The van der Waals surface area contributed by atoms with Gasteiger partial charge in [-0.1, -0.05) is 98.9 Å². The van der Waals surface area contributed by atoms with Crippen molar-refractivity contribution in [1.82, 2.24) is 5.32 Å². The summed E-state index contributed by atoms with van der Waals surface area (Å²) in [6.45, 7) is 7.01. The highest BCUT2D eigenvalue weighted by Gasteiger charge is 2.51. The van der Waals surface area contributed by atoms with Crippen LogP contribution in [0.1, 0.15) is 91.9 Å². The van der Waals surface area contributed by atoms with E-state index < -0.39 is 159 Å². The second kappa shape index (κ2) is 32.5. The number of carbonyl (C=O) groups is 3. The second-order valence-corrected chi connectivity index (χ2v) is 19.7. The van der Waals surface area contributed by atoms with Crippen LogP contribution in [0.2, 0.25) is 0 Å². The first kappa shape index (κ1) is 64.3. The third kappa shape index (κ3) is 21.5. The van der Waals surface area contributed by atoms with Gasteiger partial charge in [0.1, 0.15) is 24.2 Å². The molecule has 20 atom stereocenters. The first-order chi connectivity index (χ1) is 35.0. The van der Waals surface area contributed by atoms with Gasteiger partial charge in [0.2, 0.25) is 5.91 Å². The number of carbonyl (C=O) groups excluding carboxylic acids is 3. The van der Waals surface area contributed by atoms with Gasteiger partial charge in [0.15, 0.2) is 12.1 Å². The topological polar surface area (TPSA) is 364 Å². The lowest BCUT2D eigenvalue weighted by Crippen LogP contribution is -2.65. The average molecular weight is 1050 g/mol. The van der Waals surface area contributed by atoms with Crippen molar-refractivity contribution >= 4 is 17.8 Å². The van der Waals surface area contributed by atoms with Crippen molar-refractivity contribution in [1.29, 1.82) is 0 Å². The molecule has 1 amide bonds. The zero-order valence-corrected chi connectivity index (χ0v) is 43.2. The normalized spacial score (nSPS) is 41.7. The zero-order valence-electron chi connectivity index (χ0n) is 43.2. The third-order valence-corrected chi connectivity index (χ3v) is 13.5. The Labute approximate surface area is 434 Å². The SMILES string of the molecule is COC(=O)[C@H]1[C@@H]2C[C@@H](O[C@@H]3O[C@H](C)[C@@H](O)[C@H](NC(=O)[C@H](N)CCCN)[C@@H]3O)/C=C/C=C/C=C/C=C/C=C/C=C/C=C/[C@H](C)[C@@H](O)[C@@H](C)[C@H](C)OC(=O)C[C@H](O)C[C@H](O)CC[C@@H](O)[C@H](O)C[C@H](O)C[C@](O)(C[C@@H]1O)O2. The lowest BCUT2D eigenvalue weighted by molar-refractivity contribution is -0.309. The Kier molecular flexibility index (Phi) is 28.3. The Morgan fingerprint density at radius 1 is 0.730 bits per heavy atom. The number of aliphatic hydroxyl groups is 10. The van der Waals surface area contributed by atoms with Gasteiger partial charge >= 0.3 is 11.9 Å². The van der Waals surface area contributed by atoms with Gasteiger partial charge < -0.3 is 91.5 Å². The molecule has 0 saturated carbocycles. The number of nitrogens with one attached hydrogen (secondary N) is 1. The molecular weight excluding hydrogens is 967 g/mol. The fourth-order valence-electron chi connectivity index (χ4n) is 8.97. The Balaban J connectivity index is 1.94. The standard InChI is InChI=1S/C53H85N3O18/c1-31-19-16-14-12-10-8-6-7-9-11-13-15-17-20-38(73-52-49(66)46(48(65)34(4)72-52)56-50(67)39(55)21-18-24-54)28-43-45(51(68)70-5)42(62)30-53(69,74-43)29-37(59)26-41(61)40(60)23-22-35(57)25-36(58)27-44(63)71-33(3)32(2)47(31)64/h6-17,19-20,31-43,45-49,52,57-62,64-66,69H,18,21-30,54-55H2,1-5H3,(H,56,67)/b7-6+,10-8+,11-9+,14-12+,15-13+,19-16+,20-17+/t31-,32-,33-,34+,35+,36+,37-,38-,39+,40+,41+,42-,43-,45+,46-,47+,48+,49-,52-,53+/m0/s1. The Morgan fingerprint density at radius 2 is 1.32 bits per heavy atom. The van der Waals surface area contributed by atoms with E-state index in [-0.39, 0.29) is 38.0 Å². The number of hydrogen-bond acceptors (Lipinski definition) is 20. The number of methoxy groups -OCH3 is 1. The first-order valence-corrected chi connectivity index (χ1v) is 25.6. The molecule has 0 aliphatic carbocycles. The number of aliphatic hydroxyl groups excluding tert-OH is 9. The number of rotatable bonds is 8. The summed E-state index contributed by atoms with van der Waals surface area (Å²) in [7, 11) is 1.10. The highest BCUT2D eigenvalue weighted by atomic mass is 16.7. The summed E-state index contributed by atoms with van der Waals surface area (Å²) in [6.07, 6.45) is 3.53. The van der Waals surface area contributed by atoms with Crippen LogP contribution in [0.15, 0.2) is 85.1 Å². The molecule has 0 aromatic heterocycles. The van der Waals surface area contributed by atoms with E-state index >= 15 is 0 Å². The maximum Gasteiger partial charge on any atom is 0.313 e. The molecule has 420 valence electrons. The lowest BCUT2D eigenvalue weighted by Gasteiger charge is -2.46. The molecular formula is C53H85N3O18. The van der Waals surface area contributed by atoms with E-state index in [9.17, 15) is 65.4 Å². The molecule has 3 heterocycles. The summed E-state index contributed by atoms with van der Waals surface area (Å²) >= 11 is 0. The molecule has 2 fully saturated rings. The summed E-state index contributed by atoms with van der Waals surface area (Å²) in [5, 5.41) is 113. The summed E-state index contributed by atoms with van der Waals surface area (Å²) in [4.78, 5) is 38.9. The monoisotopic (exact) mass is 1050 g/mol. The van der Waals surface area contributed by atoms with Crippen molar-refractivity contribution in [3.05, 3.63) is 85.1 Å². The van der Waals surface area contributed by atoms with Gasteiger partial charge in [-0.3, -0.25) is 14.4 Å². The van der Waals surface area contributed by atoms with Gasteiger partial charge in [0.25, 0.3) is 0 Å². The number of nitrogens with two attached hydrogens (primary N) is 2. The van der Waals surface area contributed by atoms with Crippen LogP contribution in [0, 0.1) is 17.8 Å². The van der Waals surface area contributed by atoms with Gasteiger partial charge in [-0.05, 0) is 52.5 Å². The molecule has 21 nitrogen and oxygen atoms in total. The van der Waals surface area contributed by atoms with Gasteiger partial charge in [0, 0.05) is 37.5 Å². The summed E-state index contributed by atoms with van der Waals surface area (Å²) < 4.78 is 28.8. The fraction of sp³-hybridized carbons (Fsp3) is 0.679. The van der Waals surface area contributed by atoms with E-state index in [4.69, 9.17) is 35.2 Å². The smallest absolute Gasteiger partial charge is 0.313 e. The van der Waals surface area contributed by atoms with Crippen LogP contribution in [0.25, 0.3) is 0 Å². The number of hydrogen-bond donors (Lipinski definition) is 13. The molecule has 2 saturated heterocycles. The molecule has 15 N–H and O–H groups in total. The van der Waals surface area contributed by atoms with Crippen molar-refractivity contribution in [2.75, 3.05) is 13.7 Å². The van der Waals surface area contributed by atoms with Gasteiger partial charge in [0.05, 0.1) is 86.7 Å². The van der Waals surface area contributed by atoms with Crippen LogP contribution >= 0.6 is 0 Å². The molecule has 0 spiro atoms. The minimum absolute atomic E-state index is 0.116. The van der Waals surface area contributed by atoms with E-state index in [0.29, 0.717) is 13.0 Å². The van der Waals surface area contributed by atoms with E-state index in [1.54, 1.807) is 86.8 Å². The van der Waals surface area contributed by atoms with Crippen LogP contribution in [0.3, 0.4) is 0 Å². The van der Waals surface area contributed by atoms with Crippen LogP contribution in [0.4, 0.5) is 0 Å². The molecule has 3 rings (SSSR count). The molecule has 0 aromatic rings. The Hall–Kier alpha value is -4.01. The number of ether oxygens (including phenoxy) is 5.